The maximum atomic E-state index is 11.8. The Bertz CT molecular complexity index is 503. The summed E-state index contributed by atoms with van der Waals surface area (Å²) >= 11 is 5.81. The number of nitrogens with zero attached hydrogens (tertiary/aromatic N) is 6. The molecule has 0 spiro atoms. The minimum absolute atomic E-state index is 0.0178. The Morgan fingerprint density at radius 1 is 1.50 bits per heavy atom. The van der Waals surface area contributed by atoms with E-state index in [4.69, 9.17) is 11.6 Å². The van der Waals surface area contributed by atoms with Crippen molar-refractivity contribution in [2.75, 3.05) is 0 Å². The van der Waals surface area contributed by atoms with Gasteiger partial charge in [0.05, 0.1) is 0 Å². The zero-order valence-electron chi connectivity index (χ0n) is 8.70. The van der Waals surface area contributed by atoms with Crippen LogP contribution < -0.4 is 0 Å². The number of hydrogen-bond donors (Lipinski definition) is 0. The third kappa shape index (κ3) is 1.81. The van der Waals surface area contributed by atoms with Crippen LogP contribution in [0.15, 0.2) is 12.7 Å². The van der Waals surface area contributed by atoms with Crippen molar-refractivity contribution in [3.8, 4) is 0 Å². The fraction of sp³-hybridized carbons (Fsp3) is 0.375. The first kappa shape index (κ1) is 10.7. The van der Waals surface area contributed by atoms with Crippen molar-refractivity contribution in [3.63, 3.8) is 0 Å². The van der Waals surface area contributed by atoms with Gasteiger partial charge in [0.15, 0.2) is 5.82 Å². The highest BCUT2D eigenvalue weighted by Crippen LogP contribution is 2.13. The molecule has 0 fully saturated rings. The summed E-state index contributed by atoms with van der Waals surface area (Å²) in [5.74, 6) is 0.612. The molecule has 2 heterocycles. The van der Waals surface area contributed by atoms with E-state index in [0.717, 1.165) is 9.36 Å². The smallest absolute Gasteiger partial charge is 0.243 e. The van der Waals surface area contributed by atoms with E-state index in [-0.39, 0.29) is 11.2 Å². The maximum absolute atomic E-state index is 11.8. The number of halogens is 1. The molecule has 0 amide bonds. The monoisotopic (exact) mass is 240 g/mol. The Morgan fingerprint density at radius 2 is 2.25 bits per heavy atom. The average Bonchev–Trinajstić information content (AvgIpc) is 2.84. The molecule has 8 heteroatoms. The van der Waals surface area contributed by atoms with Crippen LogP contribution in [0.25, 0.3) is 0 Å². The summed E-state index contributed by atoms with van der Waals surface area (Å²) in [6.07, 6.45) is 2.53. The third-order valence-corrected chi connectivity index (χ3v) is 2.14. The second kappa shape index (κ2) is 4.01. The summed E-state index contributed by atoms with van der Waals surface area (Å²) in [4.78, 5) is 19.4. The summed E-state index contributed by atoms with van der Waals surface area (Å²) in [5, 5.41) is 7.71. The predicted octanol–water partition coefficient (Wildman–Crippen LogP) is 1.16. The molecule has 0 aliphatic rings. The second-order valence-electron chi connectivity index (χ2n) is 3.43. The summed E-state index contributed by atoms with van der Waals surface area (Å²) in [6, 6.07) is -0.512. The molecule has 84 valence electrons. The molecule has 0 bridgehead atoms. The van der Waals surface area contributed by atoms with Gasteiger partial charge in [-0.25, -0.2) is 14.8 Å². The van der Waals surface area contributed by atoms with Crippen molar-refractivity contribution in [2.45, 2.75) is 19.8 Å². The number of hydrogen-bond acceptors (Lipinski definition) is 5. The van der Waals surface area contributed by atoms with Crippen LogP contribution in [0, 0.1) is 0 Å². The molecule has 2 aromatic rings. The van der Waals surface area contributed by atoms with Crippen molar-refractivity contribution in [3.05, 3.63) is 23.8 Å². The molecule has 0 unspecified atom stereocenters. The molecule has 0 N–H and O–H groups in total. The van der Waals surface area contributed by atoms with E-state index in [2.05, 4.69) is 20.2 Å². The zero-order chi connectivity index (χ0) is 11.7. The topological polar surface area (TPSA) is 78.5 Å². The van der Waals surface area contributed by atoms with Crippen LogP contribution in [0.4, 0.5) is 4.79 Å². The lowest BCUT2D eigenvalue weighted by Crippen LogP contribution is -2.21. The highest BCUT2D eigenvalue weighted by molar-refractivity contribution is 6.29. The Labute approximate surface area is 96.1 Å². The van der Waals surface area contributed by atoms with Crippen LogP contribution in [0.3, 0.4) is 0 Å². The van der Waals surface area contributed by atoms with Crippen molar-refractivity contribution in [2.24, 2.45) is 0 Å². The van der Waals surface area contributed by atoms with Crippen molar-refractivity contribution < 1.29 is 4.79 Å². The van der Waals surface area contributed by atoms with E-state index in [0.29, 0.717) is 5.82 Å². The summed E-state index contributed by atoms with van der Waals surface area (Å²) in [5.41, 5.74) is 0. The SMILES string of the molecule is CC(C)c1nc(Cl)n(C(=O)n2cncn2)n1. The highest BCUT2D eigenvalue weighted by Gasteiger charge is 2.17. The minimum Gasteiger partial charge on any atom is -0.243 e. The molecular weight excluding hydrogens is 232 g/mol. The van der Waals surface area contributed by atoms with Gasteiger partial charge >= 0.3 is 6.03 Å². The Morgan fingerprint density at radius 3 is 2.75 bits per heavy atom. The molecule has 2 rings (SSSR count). The second-order valence-corrected chi connectivity index (χ2v) is 3.77. The quantitative estimate of drug-likeness (QED) is 0.747. The molecule has 16 heavy (non-hydrogen) atoms. The van der Waals surface area contributed by atoms with Gasteiger partial charge < -0.3 is 0 Å². The van der Waals surface area contributed by atoms with E-state index in [9.17, 15) is 4.79 Å². The van der Waals surface area contributed by atoms with Gasteiger partial charge in [0.25, 0.3) is 0 Å². The van der Waals surface area contributed by atoms with Gasteiger partial charge in [-0.15, -0.1) is 9.78 Å². The van der Waals surface area contributed by atoms with Crippen molar-refractivity contribution >= 4 is 17.6 Å². The Kier molecular flexibility index (Phi) is 2.69. The lowest BCUT2D eigenvalue weighted by Gasteiger charge is -1.98. The molecule has 2 aromatic heterocycles. The first-order chi connectivity index (χ1) is 7.59. The van der Waals surface area contributed by atoms with Crippen molar-refractivity contribution in [1.29, 1.82) is 0 Å². The first-order valence-corrected chi connectivity index (χ1v) is 4.99. The number of aromatic nitrogens is 6. The van der Waals surface area contributed by atoms with Gasteiger partial charge in [-0.1, -0.05) is 13.8 Å². The molecule has 0 saturated carbocycles. The van der Waals surface area contributed by atoms with Crippen molar-refractivity contribution in [1.82, 2.24) is 29.5 Å². The van der Waals surface area contributed by atoms with Gasteiger partial charge in [0.2, 0.25) is 5.28 Å². The normalized spacial score (nSPS) is 11.0. The number of carbonyl (C=O) groups is 1. The van der Waals surface area contributed by atoms with Crippen LogP contribution in [0.5, 0.6) is 0 Å². The molecule has 0 saturated heterocycles. The van der Waals surface area contributed by atoms with Gasteiger partial charge in [-0.2, -0.15) is 9.78 Å². The predicted molar refractivity (Wildman–Crippen MR) is 55.3 cm³/mol. The third-order valence-electron chi connectivity index (χ3n) is 1.90. The first-order valence-electron chi connectivity index (χ1n) is 4.61. The van der Waals surface area contributed by atoms with E-state index in [1.807, 2.05) is 13.8 Å². The molecule has 0 atom stereocenters. The van der Waals surface area contributed by atoms with Crippen LogP contribution in [-0.2, 0) is 0 Å². The Balaban J connectivity index is 2.37. The molecule has 0 aromatic carbocycles. The maximum Gasteiger partial charge on any atom is 0.373 e. The van der Waals surface area contributed by atoms with E-state index in [1.165, 1.54) is 12.7 Å². The van der Waals surface area contributed by atoms with E-state index < -0.39 is 6.03 Å². The minimum atomic E-state index is -0.512. The molecular formula is C8H9ClN6O. The lowest BCUT2D eigenvalue weighted by atomic mass is 10.2. The number of carbonyl (C=O) groups excluding carboxylic acids is 1. The molecule has 7 nitrogen and oxygen atoms in total. The van der Waals surface area contributed by atoms with Gasteiger partial charge in [0, 0.05) is 5.92 Å². The standard InChI is InChI=1S/C8H9ClN6O/c1-5(2)6-12-7(9)15(13-6)8(16)14-4-10-3-11-14/h3-5H,1-2H3. The van der Waals surface area contributed by atoms with Crippen LogP contribution in [-0.4, -0.2) is 35.6 Å². The summed E-state index contributed by atoms with van der Waals surface area (Å²) in [7, 11) is 0. The van der Waals surface area contributed by atoms with E-state index in [1.54, 1.807) is 0 Å². The lowest BCUT2D eigenvalue weighted by molar-refractivity contribution is 0.238. The fourth-order valence-corrected chi connectivity index (χ4v) is 1.27. The largest absolute Gasteiger partial charge is 0.373 e. The summed E-state index contributed by atoms with van der Waals surface area (Å²) < 4.78 is 2.02. The summed E-state index contributed by atoms with van der Waals surface area (Å²) in [6.45, 7) is 3.83. The van der Waals surface area contributed by atoms with Gasteiger partial charge in [0.1, 0.15) is 12.7 Å². The zero-order valence-corrected chi connectivity index (χ0v) is 9.46. The Hall–Kier alpha value is -1.76. The molecule has 0 aliphatic carbocycles. The number of rotatable bonds is 1. The van der Waals surface area contributed by atoms with Crippen LogP contribution >= 0.6 is 11.6 Å². The molecule has 0 radical (unpaired) electrons. The molecule has 0 aliphatic heterocycles. The van der Waals surface area contributed by atoms with Gasteiger partial charge in [-0.05, 0) is 11.6 Å². The van der Waals surface area contributed by atoms with E-state index >= 15 is 0 Å². The van der Waals surface area contributed by atoms with Crippen LogP contribution in [0.2, 0.25) is 5.28 Å². The average molecular weight is 241 g/mol. The highest BCUT2D eigenvalue weighted by atomic mass is 35.5. The van der Waals surface area contributed by atoms with Gasteiger partial charge in [-0.3, -0.25) is 0 Å². The van der Waals surface area contributed by atoms with Crippen LogP contribution in [0.1, 0.15) is 25.6 Å². The fourth-order valence-electron chi connectivity index (χ4n) is 1.08.